The minimum atomic E-state index is -1.02. The number of carbonyl (C=O) groups excluding carboxylic acids is 2. The number of carboxylic acid groups (broad SMARTS) is 1. The van der Waals surface area contributed by atoms with Crippen molar-refractivity contribution in [3.63, 3.8) is 0 Å². The largest absolute Gasteiger partial charge is 0.481 e. The summed E-state index contributed by atoms with van der Waals surface area (Å²) in [5, 5.41) is 15.0. The Hall–Kier alpha value is -3.91. The number of pyridine rings is 1. The molecule has 2 aromatic carbocycles. The van der Waals surface area contributed by atoms with Gasteiger partial charge in [-0.05, 0) is 61.0 Å². The van der Waals surface area contributed by atoms with E-state index in [1.807, 2.05) is 0 Å². The van der Waals surface area contributed by atoms with Gasteiger partial charge in [0.15, 0.2) is 0 Å². The van der Waals surface area contributed by atoms with Gasteiger partial charge in [-0.15, -0.1) is 0 Å². The molecule has 0 saturated heterocycles. The Balaban J connectivity index is 1.67. The van der Waals surface area contributed by atoms with E-state index in [1.165, 1.54) is 10.6 Å². The third-order valence-corrected chi connectivity index (χ3v) is 5.08. The molecule has 0 bridgehead atoms. The van der Waals surface area contributed by atoms with Crippen LogP contribution >= 0.6 is 11.6 Å². The number of anilines is 1. The number of carboxylic acids is 1. The summed E-state index contributed by atoms with van der Waals surface area (Å²) in [7, 11) is 0. The fraction of sp³-hybridized carbons (Fsp3) is 0.167. The van der Waals surface area contributed by atoms with Gasteiger partial charge in [0, 0.05) is 53.1 Å². The molecule has 1 atom stereocenters. The Morgan fingerprint density at radius 3 is 2.30 bits per heavy atom. The Labute approximate surface area is 194 Å². The molecular weight excluding hydrogens is 446 g/mol. The predicted molar refractivity (Wildman–Crippen MR) is 125 cm³/mol. The van der Waals surface area contributed by atoms with Crippen molar-refractivity contribution in [2.45, 2.75) is 25.3 Å². The molecule has 0 aliphatic heterocycles. The summed E-state index contributed by atoms with van der Waals surface area (Å²) >= 11 is 5.84. The van der Waals surface area contributed by atoms with E-state index >= 15 is 0 Å². The van der Waals surface area contributed by atoms with E-state index in [1.54, 1.807) is 66.9 Å². The van der Waals surface area contributed by atoms with Gasteiger partial charge in [-0.2, -0.15) is 0 Å². The number of rotatable bonds is 9. The van der Waals surface area contributed by atoms with Crippen LogP contribution in [0.15, 0.2) is 77.7 Å². The summed E-state index contributed by atoms with van der Waals surface area (Å²) in [4.78, 5) is 48.1. The lowest BCUT2D eigenvalue weighted by atomic mass is 10.1. The molecule has 0 aliphatic rings. The van der Waals surface area contributed by atoms with E-state index in [0.29, 0.717) is 22.0 Å². The first kappa shape index (κ1) is 23.7. The second-order valence-electron chi connectivity index (χ2n) is 7.32. The molecule has 8 nitrogen and oxygen atoms in total. The van der Waals surface area contributed by atoms with Gasteiger partial charge in [0.1, 0.15) is 0 Å². The number of halogens is 1. The monoisotopic (exact) mass is 467 g/mol. The lowest BCUT2D eigenvalue weighted by molar-refractivity contribution is -0.137. The third kappa shape index (κ3) is 7.05. The van der Waals surface area contributed by atoms with Gasteiger partial charge in [0.05, 0.1) is 0 Å². The number of aliphatic carboxylic acids is 1. The Bertz CT molecular complexity index is 1190. The molecule has 1 heterocycles. The maximum atomic E-state index is 12.7. The number of hydrogen-bond acceptors (Lipinski definition) is 4. The molecule has 0 spiro atoms. The van der Waals surface area contributed by atoms with Crippen LogP contribution in [-0.4, -0.2) is 33.5 Å². The summed E-state index contributed by atoms with van der Waals surface area (Å²) in [5.41, 5.74) is 1.26. The van der Waals surface area contributed by atoms with Crippen LogP contribution in [0.3, 0.4) is 0 Å². The molecule has 170 valence electrons. The first-order valence-corrected chi connectivity index (χ1v) is 10.6. The highest BCUT2D eigenvalue weighted by Gasteiger charge is 2.19. The molecule has 9 heteroatoms. The van der Waals surface area contributed by atoms with Gasteiger partial charge in [-0.3, -0.25) is 23.7 Å². The van der Waals surface area contributed by atoms with Crippen molar-refractivity contribution in [1.82, 2.24) is 9.88 Å². The molecular formula is C24H22ClN3O5. The van der Waals surface area contributed by atoms with E-state index in [-0.39, 0.29) is 30.7 Å². The fourth-order valence-corrected chi connectivity index (χ4v) is 3.30. The van der Waals surface area contributed by atoms with Crippen LogP contribution in [-0.2, 0) is 9.59 Å². The lowest BCUT2D eigenvalue weighted by Gasteiger charge is -2.18. The van der Waals surface area contributed by atoms with Crippen molar-refractivity contribution in [3.8, 4) is 5.69 Å². The molecule has 3 aromatic rings. The van der Waals surface area contributed by atoms with Crippen LogP contribution in [0.2, 0.25) is 5.02 Å². The molecule has 2 amide bonds. The van der Waals surface area contributed by atoms with Gasteiger partial charge >= 0.3 is 5.97 Å². The normalized spacial score (nSPS) is 11.4. The molecule has 0 fully saturated rings. The average Bonchev–Trinajstić information content (AvgIpc) is 2.79. The smallest absolute Gasteiger partial charge is 0.303 e. The molecule has 0 aliphatic carbocycles. The van der Waals surface area contributed by atoms with Gasteiger partial charge < -0.3 is 15.7 Å². The van der Waals surface area contributed by atoms with Crippen molar-refractivity contribution in [3.05, 3.63) is 93.9 Å². The molecule has 3 N–H and O–H groups in total. The van der Waals surface area contributed by atoms with E-state index in [2.05, 4.69) is 10.6 Å². The van der Waals surface area contributed by atoms with E-state index in [4.69, 9.17) is 16.7 Å². The zero-order valence-corrected chi connectivity index (χ0v) is 18.3. The standard InChI is InChI=1S/C24H22ClN3O5/c25-17-6-8-18(9-7-17)26-21(29)15-19(10-13-23(31)32)27-24(33)16-4-11-20(12-5-16)28-14-2-1-3-22(28)30/h1-9,11-12,14,19H,10,13,15H2,(H,26,29)(H,27,33)(H,31,32). The minimum absolute atomic E-state index is 0.0899. The number of nitrogens with one attached hydrogen (secondary N) is 2. The summed E-state index contributed by atoms with van der Waals surface area (Å²) in [6.45, 7) is 0. The number of aromatic nitrogens is 1. The van der Waals surface area contributed by atoms with Crippen molar-refractivity contribution in [2.24, 2.45) is 0 Å². The SMILES string of the molecule is O=C(O)CCC(CC(=O)Nc1ccc(Cl)cc1)NC(=O)c1ccc(-n2ccccc2=O)cc1. The molecule has 33 heavy (non-hydrogen) atoms. The van der Waals surface area contributed by atoms with Crippen molar-refractivity contribution < 1.29 is 19.5 Å². The van der Waals surface area contributed by atoms with Crippen LogP contribution in [0.25, 0.3) is 5.69 Å². The van der Waals surface area contributed by atoms with Gasteiger partial charge in [-0.25, -0.2) is 0 Å². The second kappa shape index (κ2) is 11.1. The highest BCUT2D eigenvalue weighted by Crippen LogP contribution is 2.15. The zero-order valence-electron chi connectivity index (χ0n) is 17.5. The Morgan fingerprint density at radius 2 is 1.67 bits per heavy atom. The Kier molecular flexibility index (Phi) is 7.99. The topological polar surface area (TPSA) is 118 Å². The first-order valence-electron chi connectivity index (χ1n) is 10.2. The van der Waals surface area contributed by atoms with E-state index in [0.717, 1.165) is 0 Å². The molecule has 1 aromatic heterocycles. The lowest BCUT2D eigenvalue weighted by Crippen LogP contribution is -2.38. The molecule has 1 unspecified atom stereocenters. The van der Waals surface area contributed by atoms with Gasteiger partial charge in [0.25, 0.3) is 11.5 Å². The molecule has 0 radical (unpaired) electrons. The van der Waals surface area contributed by atoms with Crippen LogP contribution in [0.1, 0.15) is 29.6 Å². The number of nitrogens with zero attached hydrogens (tertiary/aromatic N) is 1. The fourth-order valence-electron chi connectivity index (χ4n) is 3.17. The van der Waals surface area contributed by atoms with Crippen molar-refractivity contribution in [1.29, 1.82) is 0 Å². The van der Waals surface area contributed by atoms with Gasteiger partial charge in [0.2, 0.25) is 5.91 Å². The van der Waals surface area contributed by atoms with Crippen LogP contribution in [0.5, 0.6) is 0 Å². The van der Waals surface area contributed by atoms with E-state index in [9.17, 15) is 19.2 Å². The maximum absolute atomic E-state index is 12.7. The van der Waals surface area contributed by atoms with Crippen LogP contribution in [0.4, 0.5) is 5.69 Å². The average molecular weight is 468 g/mol. The van der Waals surface area contributed by atoms with E-state index < -0.39 is 17.9 Å². The first-order chi connectivity index (χ1) is 15.8. The van der Waals surface area contributed by atoms with Gasteiger partial charge in [-0.1, -0.05) is 17.7 Å². The van der Waals surface area contributed by atoms with Crippen LogP contribution < -0.4 is 16.2 Å². The summed E-state index contributed by atoms with van der Waals surface area (Å²) in [5.74, 6) is -1.84. The zero-order chi connectivity index (χ0) is 23.8. The highest BCUT2D eigenvalue weighted by molar-refractivity contribution is 6.30. The Morgan fingerprint density at radius 1 is 0.970 bits per heavy atom. The quantitative estimate of drug-likeness (QED) is 0.445. The maximum Gasteiger partial charge on any atom is 0.303 e. The predicted octanol–water partition coefficient (Wildman–Crippen LogP) is 3.48. The number of carbonyl (C=O) groups is 3. The number of hydrogen-bond donors (Lipinski definition) is 3. The summed E-state index contributed by atoms with van der Waals surface area (Å²) in [6, 6.07) is 17.1. The molecule has 0 saturated carbocycles. The van der Waals surface area contributed by atoms with Crippen molar-refractivity contribution >= 4 is 35.1 Å². The molecule has 3 rings (SSSR count). The highest BCUT2D eigenvalue weighted by atomic mass is 35.5. The van der Waals surface area contributed by atoms with Crippen molar-refractivity contribution in [2.75, 3.05) is 5.32 Å². The number of amides is 2. The minimum Gasteiger partial charge on any atom is -0.481 e. The number of benzene rings is 2. The second-order valence-corrected chi connectivity index (χ2v) is 7.75. The van der Waals surface area contributed by atoms with Crippen LogP contribution in [0, 0.1) is 0 Å². The summed E-state index contributed by atoms with van der Waals surface area (Å²) < 4.78 is 1.44. The third-order valence-electron chi connectivity index (χ3n) is 4.83. The summed E-state index contributed by atoms with van der Waals surface area (Å²) in [6.07, 6.45) is 1.42.